The van der Waals surface area contributed by atoms with Gasteiger partial charge in [0.05, 0.1) is 42.7 Å². The van der Waals surface area contributed by atoms with Crippen molar-refractivity contribution in [1.82, 2.24) is 0 Å². The van der Waals surface area contributed by atoms with Crippen LogP contribution in [-0.4, -0.2) is 62.9 Å². The number of benzene rings is 2. The molecule has 1 aliphatic heterocycles. The van der Waals surface area contributed by atoms with Crippen molar-refractivity contribution in [3.8, 4) is 11.5 Å². The summed E-state index contributed by atoms with van der Waals surface area (Å²) in [7, 11) is 0. The highest BCUT2D eigenvalue weighted by molar-refractivity contribution is 5.98. The highest BCUT2D eigenvalue weighted by atomic mass is 16.6. The van der Waals surface area contributed by atoms with E-state index >= 15 is 0 Å². The molecule has 11 nitrogen and oxygen atoms in total. The molecular weight excluding hydrogens is 446 g/mol. The Labute approximate surface area is 196 Å². The van der Waals surface area contributed by atoms with Crippen LogP contribution in [0.15, 0.2) is 36.4 Å². The fourth-order valence-electron chi connectivity index (χ4n) is 3.44. The van der Waals surface area contributed by atoms with Crippen LogP contribution in [0.5, 0.6) is 11.5 Å². The summed E-state index contributed by atoms with van der Waals surface area (Å²) in [6.07, 6.45) is 0. The molecule has 1 saturated heterocycles. The predicted molar refractivity (Wildman–Crippen MR) is 124 cm³/mol. The third-order valence-electron chi connectivity index (χ3n) is 4.94. The molecule has 0 aromatic heterocycles. The van der Waals surface area contributed by atoms with Gasteiger partial charge in [0, 0.05) is 31.3 Å². The van der Waals surface area contributed by atoms with E-state index in [1.807, 2.05) is 13.8 Å². The Morgan fingerprint density at radius 3 is 2.44 bits per heavy atom. The van der Waals surface area contributed by atoms with Gasteiger partial charge in [-0.1, -0.05) is 12.1 Å². The monoisotopic (exact) mass is 473 g/mol. The molecule has 2 aromatic carbocycles. The molecule has 0 spiro atoms. The number of carbonyl (C=O) groups is 2. The molecule has 0 atom stereocenters. The normalized spacial score (nSPS) is 13.2. The third-order valence-corrected chi connectivity index (χ3v) is 4.94. The number of para-hydroxylation sites is 1. The molecule has 3 rings (SSSR count). The fraction of sp³-hybridized carbons (Fsp3) is 0.391. The lowest BCUT2D eigenvalue weighted by Crippen LogP contribution is -2.36. The number of morpholine rings is 1. The van der Waals surface area contributed by atoms with Gasteiger partial charge in [0.1, 0.15) is 17.1 Å². The molecule has 2 aromatic rings. The second kappa shape index (κ2) is 11.8. The largest absolute Gasteiger partial charge is 0.492 e. The average Bonchev–Trinajstić information content (AvgIpc) is 2.84. The highest BCUT2D eigenvalue weighted by Gasteiger charge is 2.23. The zero-order valence-electron chi connectivity index (χ0n) is 19.1. The van der Waals surface area contributed by atoms with Crippen molar-refractivity contribution < 1.29 is 33.5 Å². The molecule has 0 bridgehead atoms. The van der Waals surface area contributed by atoms with Crippen molar-refractivity contribution in [3.63, 3.8) is 0 Å². The van der Waals surface area contributed by atoms with Gasteiger partial charge < -0.3 is 29.2 Å². The molecule has 182 valence electrons. The molecule has 0 aliphatic carbocycles. The quantitative estimate of drug-likeness (QED) is 0.314. The maximum atomic E-state index is 12.5. The van der Waals surface area contributed by atoms with E-state index in [0.717, 1.165) is 5.69 Å². The zero-order valence-corrected chi connectivity index (χ0v) is 19.1. The summed E-state index contributed by atoms with van der Waals surface area (Å²) in [4.78, 5) is 37.4. The summed E-state index contributed by atoms with van der Waals surface area (Å²) < 4.78 is 22.0. The summed E-state index contributed by atoms with van der Waals surface area (Å²) in [5.41, 5.74) is 0.555. The molecule has 0 unspecified atom stereocenters. The summed E-state index contributed by atoms with van der Waals surface area (Å²) in [5, 5.41) is 13.8. The van der Waals surface area contributed by atoms with Gasteiger partial charge in [-0.05, 0) is 19.9 Å². The second-order valence-electron chi connectivity index (χ2n) is 7.18. The minimum absolute atomic E-state index is 0.233. The second-order valence-corrected chi connectivity index (χ2v) is 7.18. The molecule has 0 saturated carbocycles. The number of nitro groups is 1. The number of nitrogens with zero attached hydrogens (tertiary/aromatic N) is 2. The number of carbonyl (C=O) groups excluding carboxylic acids is 2. The van der Waals surface area contributed by atoms with Gasteiger partial charge in [-0.15, -0.1) is 0 Å². The van der Waals surface area contributed by atoms with Crippen LogP contribution in [0.3, 0.4) is 0 Å². The van der Waals surface area contributed by atoms with Crippen LogP contribution in [0, 0.1) is 10.1 Å². The Morgan fingerprint density at radius 1 is 1.09 bits per heavy atom. The lowest BCUT2D eigenvalue weighted by Gasteiger charge is -2.31. The van der Waals surface area contributed by atoms with Crippen molar-refractivity contribution in [2.45, 2.75) is 13.8 Å². The Kier molecular flexibility index (Phi) is 8.63. The number of anilines is 2. The van der Waals surface area contributed by atoms with Gasteiger partial charge >= 0.3 is 5.97 Å². The van der Waals surface area contributed by atoms with Gasteiger partial charge in [-0.3, -0.25) is 14.9 Å². The Bertz CT molecular complexity index is 1040. The Balaban J connectivity index is 1.75. The summed E-state index contributed by atoms with van der Waals surface area (Å²) in [6.45, 7) is 6.42. The smallest absolute Gasteiger partial charge is 0.345 e. The summed E-state index contributed by atoms with van der Waals surface area (Å²) in [5.74, 6) is -0.592. The molecule has 1 fully saturated rings. The first kappa shape index (κ1) is 24.8. The van der Waals surface area contributed by atoms with Gasteiger partial charge in [0.25, 0.3) is 11.6 Å². The van der Waals surface area contributed by atoms with Crippen molar-refractivity contribution in [2.24, 2.45) is 0 Å². The number of nitrogens with one attached hydrogen (secondary N) is 1. The zero-order chi connectivity index (χ0) is 24.5. The maximum absolute atomic E-state index is 12.5. The van der Waals surface area contributed by atoms with E-state index in [2.05, 4.69) is 10.2 Å². The number of esters is 1. The number of amides is 1. The third kappa shape index (κ3) is 6.13. The number of nitro benzene ring substituents is 1. The Hall–Kier alpha value is -3.86. The molecular formula is C23H27N3O8. The average molecular weight is 473 g/mol. The van der Waals surface area contributed by atoms with E-state index in [4.69, 9.17) is 18.9 Å². The van der Waals surface area contributed by atoms with Crippen LogP contribution < -0.4 is 19.7 Å². The molecule has 34 heavy (non-hydrogen) atoms. The number of rotatable bonds is 10. The predicted octanol–water partition coefficient (Wildman–Crippen LogP) is 3.02. The van der Waals surface area contributed by atoms with Crippen LogP contribution in [0.25, 0.3) is 0 Å². The minimum atomic E-state index is -0.967. The van der Waals surface area contributed by atoms with E-state index < -0.39 is 29.1 Å². The minimum Gasteiger partial charge on any atom is -0.492 e. The number of hydrogen-bond acceptors (Lipinski definition) is 9. The highest BCUT2D eigenvalue weighted by Crippen LogP contribution is 2.39. The lowest BCUT2D eigenvalue weighted by atomic mass is 10.2. The maximum Gasteiger partial charge on any atom is 0.345 e. The van der Waals surface area contributed by atoms with Gasteiger partial charge in [0.2, 0.25) is 0 Å². The molecule has 1 amide bonds. The topological polar surface area (TPSA) is 129 Å². The lowest BCUT2D eigenvalue weighted by molar-refractivity contribution is -0.385. The summed E-state index contributed by atoms with van der Waals surface area (Å²) in [6, 6.07) is 8.84. The number of ether oxygens (including phenoxy) is 4. The summed E-state index contributed by atoms with van der Waals surface area (Å²) >= 11 is 0. The van der Waals surface area contributed by atoms with Crippen molar-refractivity contribution >= 4 is 28.9 Å². The van der Waals surface area contributed by atoms with Crippen LogP contribution in [0.2, 0.25) is 0 Å². The van der Waals surface area contributed by atoms with E-state index in [1.54, 1.807) is 12.1 Å². The van der Waals surface area contributed by atoms with Crippen molar-refractivity contribution in [1.29, 1.82) is 0 Å². The van der Waals surface area contributed by atoms with E-state index in [9.17, 15) is 19.7 Å². The molecule has 1 aliphatic rings. The van der Waals surface area contributed by atoms with Crippen molar-refractivity contribution in [2.75, 3.05) is 56.3 Å². The first-order valence-corrected chi connectivity index (χ1v) is 10.9. The SMILES string of the molecule is CCOc1cc(N2CCOCC2)c(OCC)cc1NC(=O)COC(=O)c1ccccc1[N+](=O)[O-]. The molecule has 1 heterocycles. The molecule has 11 heteroatoms. The van der Waals surface area contributed by atoms with E-state index in [1.165, 1.54) is 24.3 Å². The first-order chi connectivity index (χ1) is 16.4. The van der Waals surface area contributed by atoms with E-state index in [-0.39, 0.29) is 5.56 Å². The molecule has 1 N–H and O–H groups in total. The van der Waals surface area contributed by atoms with Crippen LogP contribution in [-0.2, 0) is 14.3 Å². The standard InChI is InChI=1S/C23H27N3O8/c1-3-32-20-14-19(25-9-11-31-12-10-25)21(33-4-2)13-17(20)24-22(27)15-34-23(28)16-7-5-6-8-18(16)26(29)30/h5-8,13-14H,3-4,9-12,15H2,1-2H3,(H,24,27). The van der Waals surface area contributed by atoms with Gasteiger partial charge in [0.15, 0.2) is 6.61 Å². The first-order valence-electron chi connectivity index (χ1n) is 10.9. The molecule has 0 radical (unpaired) electrons. The van der Waals surface area contributed by atoms with Crippen LogP contribution in [0.4, 0.5) is 17.1 Å². The fourth-order valence-corrected chi connectivity index (χ4v) is 3.44. The Morgan fingerprint density at radius 2 is 1.76 bits per heavy atom. The van der Waals surface area contributed by atoms with E-state index in [0.29, 0.717) is 56.7 Å². The van der Waals surface area contributed by atoms with Crippen LogP contribution >= 0.6 is 0 Å². The number of hydrogen-bond donors (Lipinski definition) is 1. The van der Waals surface area contributed by atoms with Crippen molar-refractivity contribution in [3.05, 3.63) is 52.1 Å². The van der Waals surface area contributed by atoms with Crippen LogP contribution in [0.1, 0.15) is 24.2 Å². The van der Waals surface area contributed by atoms with Gasteiger partial charge in [-0.25, -0.2) is 4.79 Å². The van der Waals surface area contributed by atoms with Gasteiger partial charge in [-0.2, -0.15) is 0 Å².